The van der Waals surface area contributed by atoms with Gasteiger partial charge in [-0.25, -0.2) is 8.78 Å². The van der Waals surface area contributed by atoms with Crippen molar-refractivity contribution in [2.24, 2.45) is 0 Å². The van der Waals surface area contributed by atoms with Gasteiger partial charge in [-0.1, -0.05) is 41.9 Å². The standard InChI is InChI=1S/C26H28ClN5O3.C5H9F2N.C2H3N/c1-35-26-28-21-17-32(22-8-3-6-18-5-2-7-20(27)24(18)22)11-10-19(21)25(29-26)31-14-12-30(13-15-31)23(34)9-4-16-33;1-8-3-2-5(6,7)4-8;1-2-3/h2-9,33H,10-17H2,1H3;2-4H2,1H3;1H3/b9-4+;;. The highest BCUT2D eigenvalue weighted by Crippen LogP contribution is 2.37. The SMILES string of the molecule is CC#N.CN1CCC(F)(F)C1.COc1nc2c(c(N3CCN(C(=O)/C=C/CO)CC3)n1)CCN(c1cccc3cccc(Cl)c13)C2. The number of nitriles is 1. The molecule has 1 N–H and O–H groups in total. The van der Waals surface area contributed by atoms with E-state index in [-0.39, 0.29) is 25.5 Å². The van der Waals surface area contributed by atoms with Crippen molar-refractivity contribution in [3.05, 3.63) is 64.8 Å². The quantitative estimate of drug-likeness (QED) is 0.397. The number of aliphatic hydroxyl groups excluding tert-OH is 1. The zero-order valence-corrected chi connectivity index (χ0v) is 27.2. The van der Waals surface area contributed by atoms with Crippen LogP contribution >= 0.6 is 11.6 Å². The van der Waals surface area contributed by atoms with E-state index in [2.05, 4.69) is 34.1 Å². The first-order valence-corrected chi connectivity index (χ1v) is 15.5. The van der Waals surface area contributed by atoms with Gasteiger partial charge in [0.2, 0.25) is 5.91 Å². The molecule has 13 heteroatoms. The fourth-order valence-electron chi connectivity index (χ4n) is 5.79. The molecule has 3 aliphatic heterocycles. The van der Waals surface area contributed by atoms with E-state index in [0.717, 1.165) is 51.5 Å². The molecular weight excluding hydrogens is 616 g/mol. The van der Waals surface area contributed by atoms with E-state index in [0.29, 0.717) is 45.3 Å². The van der Waals surface area contributed by atoms with Gasteiger partial charge in [-0.3, -0.25) is 4.79 Å². The Morgan fingerprint density at radius 1 is 1.11 bits per heavy atom. The predicted octanol–water partition coefficient (Wildman–Crippen LogP) is 4.54. The highest BCUT2D eigenvalue weighted by Gasteiger charge is 2.36. The number of carbonyl (C=O) groups is 1. The fraction of sp³-hybridized carbons (Fsp3) is 0.455. The van der Waals surface area contributed by atoms with Crippen molar-refractivity contribution in [1.82, 2.24) is 19.8 Å². The van der Waals surface area contributed by atoms with Crippen LogP contribution in [0.2, 0.25) is 5.02 Å². The van der Waals surface area contributed by atoms with Gasteiger partial charge < -0.3 is 29.4 Å². The molecule has 0 bridgehead atoms. The van der Waals surface area contributed by atoms with Crippen LogP contribution in [0.1, 0.15) is 24.6 Å². The Balaban J connectivity index is 0.000000373. The number of hydrogen-bond donors (Lipinski definition) is 1. The first-order chi connectivity index (χ1) is 22.1. The number of carbonyl (C=O) groups excluding carboxylic acids is 1. The van der Waals surface area contributed by atoms with Crippen molar-refractivity contribution in [1.29, 1.82) is 5.26 Å². The summed E-state index contributed by atoms with van der Waals surface area (Å²) in [5.74, 6) is -1.60. The number of aromatic nitrogens is 2. The number of ether oxygens (including phenoxy) is 1. The van der Waals surface area contributed by atoms with E-state index in [1.807, 2.05) is 12.1 Å². The third-order valence-corrected chi connectivity index (χ3v) is 8.31. The molecule has 1 amide bonds. The van der Waals surface area contributed by atoms with Gasteiger partial charge in [-0.15, -0.1) is 0 Å². The first kappa shape index (κ1) is 34.8. The summed E-state index contributed by atoms with van der Waals surface area (Å²) in [7, 11) is 3.29. The maximum atomic E-state index is 12.3. The Hall–Kier alpha value is -4.05. The second kappa shape index (κ2) is 16.0. The second-order valence-electron chi connectivity index (χ2n) is 11.2. The molecular formula is C33H40ClF2N7O3. The molecule has 0 spiro atoms. The van der Waals surface area contributed by atoms with Crippen LogP contribution in [0.3, 0.4) is 0 Å². The molecule has 2 saturated heterocycles. The number of hydrogen-bond acceptors (Lipinski definition) is 9. The number of amides is 1. The number of nitrogens with zero attached hydrogens (tertiary/aromatic N) is 7. The number of benzene rings is 2. The second-order valence-corrected chi connectivity index (χ2v) is 11.6. The summed E-state index contributed by atoms with van der Waals surface area (Å²) in [6.07, 6.45) is 3.73. The van der Waals surface area contributed by atoms with E-state index < -0.39 is 5.92 Å². The zero-order valence-electron chi connectivity index (χ0n) is 26.4. The Morgan fingerprint density at radius 3 is 2.39 bits per heavy atom. The summed E-state index contributed by atoms with van der Waals surface area (Å²) in [6, 6.07) is 14.3. The van der Waals surface area contributed by atoms with E-state index >= 15 is 0 Å². The number of piperazine rings is 1. The van der Waals surface area contributed by atoms with Gasteiger partial charge in [0.25, 0.3) is 5.92 Å². The Labute approximate surface area is 273 Å². The molecule has 4 heterocycles. The molecule has 3 aliphatic rings. The molecule has 6 rings (SSSR count). The van der Waals surface area contributed by atoms with E-state index in [1.54, 1.807) is 30.0 Å². The highest BCUT2D eigenvalue weighted by atomic mass is 35.5. The molecule has 0 aliphatic carbocycles. The summed E-state index contributed by atoms with van der Waals surface area (Å²) in [5.41, 5.74) is 3.18. The van der Waals surface area contributed by atoms with Crippen molar-refractivity contribution < 1.29 is 23.4 Å². The number of rotatable bonds is 5. The molecule has 10 nitrogen and oxygen atoms in total. The van der Waals surface area contributed by atoms with Crippen LogP contribution in [0.25, 0.3) is 10.8 Å². The lowest BCUT2D eigenvalue weighted by Crippen LogP contribution is -2.49. The number of alkyl halides is 2. The first-order valence-electron chi connectivity index (χ1n) is 15.1. The summed E-state index contributed by atoms with van der Waals surface area (Å²) < 4.78 is 29.8. The average Bonchev–Trinajstić information content (AvgIpc) is 3.38. The number of methoxy groups -OCH3 is 1. The molecule has 0 unspecified atom stereocenters. The Bertz CT molecular complexity index is 1570. The summed E-state index contributed by atoms with van der Waals surface area (Å²) >= 11 is 6.59. The van der Waals surface area contributed by atoms with Crippen molar-refractivity contribution in [2.45, 2.75) is 32.2 Å². The van der Waals surface area contributed by atoms with Gasteiger partial charge in [-0.2, -0.15) is 15.2 Å². The maximum Gasteiger partial charge on any atom is 0.318 e. The van der Waals surface area contributed by atoms with Crippen LogP contribution in [-0.2, 0) is 17.8 Å². The largest absolute Gasteiger partial charge is 0.467 e. The van der Waals surface area contributed by atoms with Crippen LogP contribution in [0.4, 0.5) is 20.3 Å². The highest BCUT2D eigenvalue weighted by molar-refractivity contribution is 6.36. The molecule has 2 fully saturated rings. The van der Waals surface area contributed by atoms with Gasteiger partial charge in [0.15, 0.2) is 0 Å². The average molecular weight is 656 g/mol. The topological polar surface area (TPSA) is 109 Å². The van der Waals surface area contributed by atoms with E-state index in [4.69, 9.17) is 36.7 Å². The van der Waals surface area contributed by atoms with Crippen LogP contribution in [0.15, 0.2) is 48.6 Å². The molecule has 246 valence electrons. The Kier molecular flexibility index (Phi) is 12.1. The van der Waals surface area contributed by atoms with Crippen LogP contribution in [0.5, 0.6) is 6.01 Å². The Morgan fingerprint density at radius 2 is 1.80 bits per heavy atom. The van der Waals surface area contributed by atoms with Crippen LogP contribution in [-0.4, -0.2) is 103 Å². The third kappa shape index (κ3) is 8.60. The van der Waals surface area contributed by atoms with E-state index in [9.17, 15) is 13.6 Å². The van der Waals surface area contributed by atoms with Gasteiger partial charge in [0.05, 0.1) is 43.6 Å². The zero-order chi connectivity index (χ0) is 33.3. The lowest BCUT2D eigenvalue weighted by atomic mass is 10.0. The van der Waals surface area contributed by atoms with Crippen molar-refractivity contribution in [3.8, 4) is 12.1 Å². The van der Waals surface area contributed by atoms with Gasteiger partial charge in [0, 0.05) is 75.3 Å². The number of anilines is 2. The molecule has 3 aromatic rings. The van der Waals surface area contributed by atoms with Gasteiger partial charge >= 0.3 is 6.01 Å². The van der Waals surface area contributed by atoms with Gasteiger partial charge in [-0.05, 0) is 31.0 Å². The third-order valence-electron chi connectivity index (χ3n) is 8.00. The predicted molar refractivity (Wildman–Crippen MR) is 176 cm³/mol. The summed E-state index contributed by atoms with van der Waals surface area (Å²) in [6.45, 7) is 5.76. The van der Waals surface area contributed by atoms with Crippen LogP contribution < -0.4 is 14.5 Å². The molecule has 46 heavy (non-hydrogen) atoms. The summed E-state index contributed by atoms with van der Waals surface area (Å²) in [4.78, 5) is 29.7. The number of halogens is 3. The number of fused-ring (bicyclic) bond motifs is 2. The minimum atomic E-state index is -2.41. The lowest BCUT2D eigenvalue weighted by Gasteiger charge is -2.38. The molecule has 0 radical (unpaired) electrons. The molecule has 0 atom stereocenters. The molecule has 0 saturated carbocycles. The number of aliphatic hydroxyl groups is 1. The molecule has 1 aromatic heterocycles. The monoisotopic (exact) mass is 655 g/mol. The minimum Gasteiger partial charge on any atom is -0.467 e. The van der Waals surface area contributed by atoms with Crippen molar-refractivity contribution in [2.75, 3.05) is 76.4 Å². The smallest absolute Gasteiger partial charge is 0.318 e. The van der Waals surface area contributed by atoms with Gasteiger partial charge in [0.1, 0.15) is 5.82 Å². The summed E-state index contributed by atoms with van der Waals surface area (Å²) in [5, 5.41) is 19.1. The maximum absolute atomic E-state index is 12.3. The van der Waals surface area contributed by atoms with E-state index in [1.165, 1.54) is 19.1 Å². The molecule has 2 aromatic carbocycles. The van der Waals surface area contributed by atoms with Crippen molar-refractivity contribution >= 4 is 39.8 Å². The van der Waals surface area contributed by atoms with Crippen LogP contribution in [0, 0.1) is 11.3 Å². The van der Waals surface area contributed by atoms with Crippen molar-refractivity contribution in [3.63, 3.8) is 0 Å². The lowest BCUT2D eigenvalue weighted by molar-refractivity contribution is -0.126. The minimum absolute atomic E-state index is 0.0312. The number of likely N-dealkylation sites (tertiary alicyclic amines) is 1. The normalized spacial score (nSPS) is 17.5. The fourth-order valence-corrected chi connectivity index (χ4v) is 6.07.